The van der Waals surface area contributed by atoms with Crippen LogP contribution in [0.25, 0.3) is 0 Å². The Labute approximate surface area is 148 Å². The smallest absolute Gasteiger partial charge is 0.338 e. The topological polar surface area (TPSA) is 79.2 Å². The van der Waals surface area contributed by atoms with Gasteiger partial charge in [-0.3, -0.25) is 4.79 Å². The number of carbonyl (C=O) groups excluding carboxylic acids is 2. The van der Waals surface area contributed by atoms with Gasteiger partial charge in [0.05, 0.1) is 27.2 Å². The van der Waals surface area contributed by atoms with Gasteiger partial charge in [0.2, 0.25) is 0 Å². The van der Waals surface area contributed by atoms with E-state index < -0.39 is 18.0 Å². The van der Waals surface area contributed by atoms with Crippen LogP contribution >= 0.6 is 23.2 Å². The SMILES string of the molecule is C[C@H](OC(=O)c1ccc(Cl)c(Cl)c1)C(=O)Nc1cccc(C#N)c1. The maximum atomic E-state index is 12.1. The predicted molar refractivity (Wildman–Crippen MR) is 91.1 cm³/mol. The number of esters is 1. The lowest BCUT2D eigenvalue weighted by atomic mass is 10.2. The lowest BCUT2D eigenvalue weighted by Gasteiger charge is -2.14. The zero-order valence-electron chi connectivity index (χ0n) is 12.5. The molecule has 0 aliphatic heterocycles. The second kappa shape index (κ2) is 7.82. The minimum atomic E-state index is -1.03. The molecule has 122 valence electrons. The predicted octanol–water partition coefficient (Wildman–Crippen LogP) is 4.05. The van der Waals surface area contributed by atoms with E-state index in [1.807, 2.05) is 6.07 Å². The number of halogens is 2. The van der Waals surface area contributed by atoms with Crippen LogP contribution in [0.5, 0.6) is 0 Å². The highest BCUT2D eigenvalue weighted by Crippen LogP contribution is 2.23. The van der Waals surface area contributed by atoms with Crippen molar-refractivity contribution in [3.8, 4) is 6.07 Å². The fourth-order valence-corrected chi connectivity index (χ4v) is 2.11. The highest BCUT2D eigenvalue weighted by molar-refractivity contribution is 6.42. The van der Waals surface area contributed by atoms with Crippen LogP contribution in [0.3, 0.4) is 0 Å². The van der Waals surface area contributed by atoms with Crippen molar-refractivity contribution in [1.29, 1.82) is 5.26 Å². The molecule has 0 radical (unpaired) electrons. The van der Waals surface area contributed by atoms with Crippen LogP contribution in [0.2, 0.25) is 10.0 Å². The van der Waals surface area contributed by atoms with E-state index in [1.165, 1.54) is 31.2 Å². The second-order valence-electron chi connectivity index (χ2n) is 4.86. The van der Waals surface area contributed by atoms with Gasteiger partial charge in [-0.05, 0) is 43.3 Å². The molecule has 2 rings (SSSR count). The van der Waals surface area contributed by atoms with Crippen LogP contribution in [0, 0.1) is 11.3 Å². The maximum absolute atomic E-state index is 12.1. The number of anilines is 1. The molecule has 7 heteroatoms. The molecule has 2 aromatic rings. The maximum Gasteiger partial charge on any atom is 0.338 e. The van der Waals surface area contributed by atoms with Crippen molar-refractivity contribution in [3.63, 3.8) is 0 Å². The molecule has 1 atom stereocenters. The Morgan fingerprint density at radius 1 is 1.17 bits per heavy atom. The van der Waals surface area contributed by atoms with Gasteiger partial charge in [-0.1, -0.05) is 29.3 Å². The summed E-state index contributed by atoms with van der Waals surface area (Å²) in [5.41, 5.74) is 1.04. The van der Waals surface area contributed by atoms with Crippen molar-refractivity contribution in [2.75, 3.05) is 5.32 Å². The van der Waals surface area contributed by atoms with Crippen molar-refractivity contribution in [3.05, 3.63) is 63.6 Å². The summed E-state index contributed by atoms with van der Waals surface area (Å²) in [5, 5.41) is 12.0. The molecule has 0 saturated carbocycles. The number of nitrogens with one attached hydrogen (secondary N) is 1. The summed E-state index contributed by atoms with van der Waals surface area (Å²) in [6.07, 6.45) is -1.03. The Hall–Kier alpha value is -2.55. The third kappa shape index (κ3) is 4.48. The molecule has 0 aliphatic carbocycles. The first-order chi connectivity index (χ1) is 11.4. The molecule has 2 aromatic carbocycles. The van der Waals surface area contributed by atoms with Gasteiger partial charge in [-0.25, -0.2) is 4.79 Å². The van der Waals surface area contributed by atoms with Gasteiger partial charge in [-0.2, -0.15) is 5.26 Å². The molecule has 0 fully saturated rings. The Morgan fingerprint density at radius 3 is 2.58 bits per heavy atom. The zero-order valence-corrected chi connectivity index (χ0v) is 14.1. The van der Waals surface area contributed by atoms with E-state index in [2.05, 4.69) is 5.32 Å². The molecule has 0 aliphatic rings. The summed E-state index contributed by atoms with van der Waals surface area (Å²) in [6, 6.07) is 12.7. The summed E-state index contributed by atoms with van der Waals surface area (Å²) >= 11 is 11.6. The summed E-state index contributed by atoms with van der Waals surface area (Å²) in [5.74, 6) is -1.21. The van der Waals surface area contributed by atoms with Crippen LogP contribution in [-0.4, -0.2) is 18.0 Å². The van der Waals surface area contributed by atoms with Crippen LogP contribution in [0.1, 0.15) is 22.8 Å². The molecule has 1 amide bonds. The number of ether oxygens (including phenoxy) is 1. The van der Waals surface area contributed by atoms with E-state index in [1.54, 1.807) is 18.2 Å². The number of hydrogen-bond acceptors (Lipinski definition) is 4. The van der Waals surface area contributed by atoms with E-state index in [0.717, 1.165) is 0 Å². The van der Waals surface area contributed by atoms with E-state index >= 15 is 0 Å². The third-order valence-corrected chi connectivity index (χ3v) is 3.81. The van der Waals surface area contributed by atoms with Crippen LogP contribution < -0.4 is 5.32 Å². The van der Waals surface area contributed by atoms with Gasteiger partial charge in [0.25, 0.3) is 5.91 Å². The molecular formula is C17H12Cl2N2O3. The first kappa shape index (κ1) is 17.8. The Bertz CT molecular complexity index is 831. The number of hydrogen-bond donors (Lipinski definition) is 1. The molecular weight excluding hydrogens is 351 g/mol. The number of nitrogens with zero attached hydrogens (tertiary/aromatic N) is 1. The quantitative estimate of drug-likeness (QED) is 0.832. The molecule has 5 nitrogen and oxygen atoms in total. The Morgan fingerprint density at radius 2 is 1.92 bits per heavy atom. The van der Waals surface area contributed by atoms with Crippen LogP contribution in [-0.2, 0) is 9.53 Å². The Balaban J connectivity index is 2.01. The van der Waals surface area contributed by atoms with Crippen molar-refractivity contribution in [2.45, 2.75) is 13.0 Å². The number of carbonyl (C=O) groups is 2. The minimum absolute atomic E-state index is 0.190. The number of nitriles is 1. The first-order valence-corrected chi connectivity index (χ1v) is 7.63. The van der Waals surface area contributed by atoms with Gasteiger partial charge in [0, 0.05) is 5.69 Å². The molecule has 1 N–H and O–H groups in total. The van der Waals surface area contributed by atoms with Crippen LogP contribution in [0.15, 0.2) is 42.5 Å². The van der Waals surface area contributed by atoms with E-state index in [9.17, 15) is 9.59 Å². The summed E-state index contributed by atoms with van der Waals surface area (Å²) in [6.45, 7) is 1.44. The average Bonchev–Trinajstić information content (AvgIpc) is 2.57. The molecule has 0 unspecified atom stereocenters. The average molecular weight is 363 g/mol. The molecule has 0 heterocycles. The van der Waals surface area contributed by atoms with Crippen molar-refractivity contribution < 1.29 is 14.3 Å². The van der Waals surface area contributed by atoms with Gasteiger partial charge < -0.3 is 10.1 Å². The summed E-state index contributed by atoms with van der Waals surface area (Å²) in [4.78, 5) is 24.1. The van der Waals surface area contributed by atoms with Gasteiger partial charge in [0.15, 0.2) is 6.10 Å². The number of benzene rings is 2. The normalized spacial score (nSPS) is 11.2. The highest BCUT2D eigenvalue weighted by Gasteiger charge is 2.19. The molecule has 0 saturated heterocycles. The van der Waals surface area contributed by atoms with Crippen molar-refractivity contribution >= 4 is 40.8 Å². The van der Waals surface area contributed by atoms with E-state index in [4.69, 9.17) is 33.2 Å². The molecule has 0 bridgehead atoms. The fraction of sp³-hybridized carbons (Fsp3) is 0.118. The minimum Gasteiger partial charge on any atom is -0.449 e. The lowest BCUT2D eigenvalue weighted by molar-refractivity contribution is -0.123. The Kier molecular flexibility index (Phi) is 5.80. The summed E-state index contributed by atoms with van der Waals surface area (Å²) in [7, 11) is 0. The van der Waals surface area contributed by atoms with E-state index in [-0.39, 0.29) is 10.6 Å². The monoisotopic (exact) mass is 362 g/mol. The summed E-state index contributed by atoms with van der Waals surface area (Å²) < 4.78 is 5.10. The number of amides is 1. The molecule has 24 heavy (non-hydrogen) atoms. The molecule has 0 aromatic heterocycles. The lowest BCUT2D eigenvalue weighted by Crippen LogP contribution is -2.30. The third-order valence-electron chi connectivity index (χ3n) is 3.07. The van der Waals surface area contributed by atoms with Crippen molar-refractivity contribution in [1.82, 2.24) is 0 Å². The van der Waals surface area contributed by atoms with Gasteiger partial charge in [0.1, 0.15) is 0 Å². The second-order valence-corrected chi connectivity index (χ2v) is 5.67. The fourth-order valence-electron chi connectivity index (χ4n) is 1.82. The van der Waals surface area contributed by atoms with Gasteiger partial charge >= 0.3 is 5.97 Å². The first-order valence-electron chi connectivity index (χ1n) is 6.88. The standard InChI is InChI=1S/C17H12Cl2N2O3/c1-10(16(22)21-13-4-2-3-11(7-13)9-20)24-17(23)12-5-6-14(18)15(19)8-12/h2-8,10H,1H3,(H,21,22)/t10-/m0/s1. The zero-order chi connectivity index (χ0) is 17.7. The van der Waals surface area contributed by atoms with Crippen LogP contribution in [0.4, 0.5) is 5.69 Å². The molecule has 0 spiro atoms. The number of rotatable bonds is 4. The van der Waals surface area contributed by atoms with E-state index in [0.29, 0.717) is 16.3 Å². The van der Waals surface area contributed by atoms with Crippen molar-refractivity contribution in [2.24, 2.45) is 0 Å². The largest absolute Gasteiger partial charge is 0.449 e. The van der Waals surface area contributed by atoms with Gasteiger partial charge in [-0.15, -0.1) is 0 Å². The highest BCUT2D eigenvalue weighted by atomic mass is 35.5.